The van der Waals surface area contributed by atoms with Crippen LogP contribution in [0.5, 0.6) is 0 Å². The Bertz CT molecular complexity index is 528. The second-order valence-electron chi connectivity index (χ2n) is 4.94. The van der Waals surface area contributed by atoms with E-state index in [9.17, 15) is 0 Å². The number of aryl methyl sites for hydroxylation is 2. The van der Waals surface area contributed by atoms with Crippen LogP contribution in [0.2, 0.25) is 0 Å². The van der Waals surface area contributed by atoms with E-state index in [0.717, 1.165) is 43.0 Å². The molecule has 0 amide bonds. The zero-order valence-electron chi connectivity index (χ0n) is 11.5. The van der Waals surface area contributed by atoms with Crippen molar-refractivity contribution in [3.05, 3.63) is 24.0 Å². The first-order valence-corrected chi connectivity index (χ1v) is 6.51. The number of nitrogens with zero attached hydrogens (tertiary/aromatic N) is 3. The molecule has 2 N–H and O–H groups in total. The highest BCUT2D eigenvalue weighted by Crippen LogP contribution is 2.19. The van der Waals surface area contributed by atoms with Crippen LogP contribution in [-0.4, -0.2) is 35.1 Å². The predicted octanol–water partition coefficient (Wildman–Crippen LogP) is 2.13. The van der Waals surface area contributed by atoms with Gasteiger partial charge in [0.25, 0.3) is 0 Å². The van der Waals surface area contributed by atoms with Crippen LogP contribution in [0.3, 0.4) is 0 Å². The van der Waals surface area contributed by atoms with Gasteiger partial charge in [-0.2, -0.15) is 0 Å². The molecule has 0 radical (unpaired) electrons. The fourth-order valence-electron chi connectivity index (χ4n) is 2.26. The Morgan fingerprint density at radius 2 is 2.11 bits per heavy atom. The van der Waals surface area contributed by atoms with Crippen LogP contribution >= 0.6 is 0 Å². The van der Waals surface area contributed by atoms with Gasteiger partial charge in [-0.05, 0) is 45.3 Å². The first-order chi connectivity index (χ1) is 8.61. The third kappa shape index (κ3) is 2.64. The number of hydrogen-bond acceptors (Lipinski definition) is 3. The van der Waals surface area contributed by atoms with E-state index < -0.39 is 0 Å². The van der Waals surface area contributed by atoms with E-state index in [1.54, 1.807) is 0 Å². The second kappa shape index (κ2) is 5.40. The molecule has 4 heteroatoms. The molecule has 1 aromatic heterocycles. The van der Waals surface area contributed by atoms with Gasteiger partial charge in [-0.1, -0.05) is 6.92 Å². The van der Waals surface area contributed by atoms with Crippen LogP contribution in [0.15, 0.2) is 18.2 Å². The Labute approximate surface area is 108 Å². The van der Waals surface area contributed by atoms with E-state index >= 15 is 0 Å². The molecule has 0 aliphatic rings. The molecule has 0 saturated carbocycles. The summed E-state index contributed by atoms with van der Waals surface area (Å²) in [6, 6.07) is 5.98. The Balaban J connectivity index is 2.29. The minimum atomic E-state index is 0.781. The zero-order valence-corrected chi connectivity index (χ0v) is 11.5. The van der Waals surface area contributed by atoms with Crippen molar-refractivity contribution < 1.29 is 0 Å². The van der Waals surface area contributed by atoms with Crippen molar-refractivity contribution in [3.8, 4) is 0 Å². The molecule has 0 fully saturated rings. The molecule has 1 heterocycles. The van der Waals surface area contributed by atoms with E-state index in [1.807, 2.05) is 12.1 Å². The van der Waals surface area contributed by atoms with Crippen LogP contribution in [0.1, 0.15) is 19.2 Å². The van der Waals surface area contributed by atoms with Gasteiger partial charge in [-0.25, -0.2) is 4.98 Å². The monoisotopic (exact) mass is 246 g/mol. The summed E-state index contributed by atoms with van der Waals surface area (Å²) in [6.45, 7) is 4.26. The summed E-state index contributed by atoms with van der Waals surface area (Å²) in [4.78, 5) is 6.87. The summed E-state index contributed by atoms with van der Waals surface area (Å²) in [7, 11) is 4.21. The third-order valence-electron chi connectivity index (χ3n) is 3.15. The Morgan fingerprint density at radius 1 is 1.33 bits per heavy atom. The maximum atomic E-state index is 5.81. The number of fused-ring (bicyclic) bond motifs is 1. The molecule has 0 atom stereocenters. The van der Waals surface area contributed by atoms with E-state index in [0.29, 0.717) is 0 Å². The number of nitrogen functional groups attached to an aromatic ring is 1. The Hall–Kier alpha value is -1.55. The smallest absolute Gasteiger partial charge is 0.109 e. The lowest BCUT2D eigenvalue weighted by Gasteiger charge is -2.11. The fourth-order valence-corrected chi connectivity index (χ4v) is 2.26. The topological polar surface area (TPSA) is 47.1 Å². The molecule has 2 aromatic rings. The van der Waals surface area contributed by atoms with Crippen molar-refractivity contribution in [1.29, 1.82) is 0 Å². The van der Waals surface area contributed by atoms with E-state index in [4.69, 9.17) is 5.73 Å². The Morgan fingerprint density at radius 3 is 2.78 bits per heavy atom. The SMILES string of the molecule is CCc1nc2cc(N)ccc2n1CCCN(C)C. The first kappa shape index (κ1) is 12.9. The summed E-state index contributed by atoms with van der Waals surface area (Å²) < 4.78 is 2.32. The molecular formula is C14H22N4. The van der Waals surface area contributed by atoms with Crippen molar-refractivity contribution >= 4 is 16.7 Å². The van der Waals surface area contributed by atoms with Crippen molar-refractivity contribution in [3.63, 3.8) is 0 Å². The molecule has 0 aliphatic heterocycles. The average Bonchev–Trinajstić information content (AvgIpc) is 2.66. The molecule has 2 rings (SSSR count). The maximum Gasteiger partial charge on any atom is 0.109 e. The lowest BCUT2D eigenvalue weighted by molar-refractivity contribution is 0.386. The van der Waals surface area contributed by atoms with Crippen molar-refractivity contribution in [1.82, 2.24) is 14.5 Å². The summed E-state index contributed by atoms with van der Waals surface area (Å²) >= 11 is 0. The summed E-state index contributed by atoms with van der Waals surface area (Å²) in [5.74, 6) is 1.15. The normalized spacial score (nSPS) is 11.6. The van der Waals surface area contributed by atoms with Gasteiger partial charge < -0.3 is 15.2 Å². The summed E-state index contributed by atoms with van der Waals surface area (Å²) in [5, 5.41) is 0. The highest BCUT2D eigenvalue weighted by molar-refractivity contribution is 5.79. The molecule has 0 aliphatic carbocycles. The third-order valence-corrected chi connectivity index (χ3v) is 3.15. The van der Waals surface area contributed by atoms with Crippen molar-refractivity contribution in [2.24, 2.45) is 0 Å². The molecule has 0 saturated heterocycles. The molecule has 1 aromatic carbocycles. The maximum absolute atomic E-state index is 5.81. The lowest BCUT2D eigenvalue weighted by atomic mass is 10.2. The minimum Gasteiger partial charge on any atom is -0.399 e. The standard InChI is InChI=1S/C14H22N4/c1-4-14-16-12-10-11(15)6-7-13(12)18(14)9-5-8-17(2)3/h6-7,10H,4-5,8-9,15H2,1-3H3. The van der Waals surface area contributed by atoms with Gasteiger partial charge in [0, 0.05) is 18.7 Å². The number of hydrogen-bond donors (Lipinski definition) is 1. The van der Waals surface area contributed by atoms with Gasteiger partial charge in [0.15, 0.2) is 0 Å². The van der Waals surface area contributed by atoms with Gasteiger partial charge in [-0.15, -0.1) is 0 Å². The lowest BCUT2D eigenvalue weighted by Crippen LogP contribution is -2.15. The zero-order chi connectivity index (χ0) is 13.1. The largest absolute Gasteiger partial charge is 0.399 e. The van der Waals surface area contributed by atoms with Crippen molar-refractivity contribution in [2.45, 2.75) is 26.3 Å². The molecule has 0 unspecified atom stereocenters. The molecule has 4 nitrogen and oxygen atoms in total. The molecular weight excluding hydrogens is 224 g/mol. The first-order valence-electron chi connectivity index (χ1n) is 6.51. The number of nitrogens with two attached hydrogens (primary N) is 1. The number of rotatable bonds is 5. The average molecular weight is 246 g/mol. The molecule has 0 bridgehead atoms. The van der Waals surface area contributed by atoms with Crippen LogP contribution in [-0.2, 0) is 13.0 Å². The van der Waals surface area contributed by atoms with Gasteiger partial charge >= 0.3 is 0 Å². The van der Waals surface area contributed by atoms with Gasteiger partial charge in [0.1, 0.15) is 5.82 Å². The van der Waals surface area contributed by atoms with E-state index in [-0.39, 0.29) is 0 Å². The van der Waals surface area contributed by atoms with E-state index in [1.165, 1.54) is 5.52 Å². The summed E-state index contributed by atoms with van der Waals surface area (Å²) in [6.07, 6.45) is 2.09. The molecule has 0 spiro atoms. The van der Waals surface area contributed by atoms with Gasteiger partial charge in [-0.3, -0.25) is 0 Å². The minimum absolute atomic E-state index is 0.781. The second-order valence-corrected chi connectivity index (χ2v) is 4.94. The Kier molecular flexibility index (Phi) is 3.87. The van der Waals surface area contributed by atoms with Crippen LogP contribution < -0.4 is 5.73 Å². The summed E-state index contributed by atoms with van der Waals surface area (Å²) in [5.41, 5.74) is 8.79. The van der Waals surface area contributed by atoms with Gasteiger partial charge in [0.05, 0.1) is 11.0 Å². The molecule has 98 valence electrons. The molecule has 18 heavy (non-hydrogen) atoms. The van der Waals surface area contributed by atoms with Crippen molar-refractivity contribution in [2.75, 3.05) is 26.4 Å². The number of benzene rings is 1. The number of imidazole rings is 1. The number of aromatic nitrogens is 2. The quantitative estimate of drug-likeness (QED) is 0.822. The van der Waals surface area contributed by atoms with E-state index in [2.05, 4.69) is 41.5 Å². The highest BCUT2D eigenvalue weighted by Gasteiger charge is 2.09. The van der Waals surface area contributed by atoms with Gasteiger partial charge in [0.2, 0.25) is 0 Å². The number of anilines is 1. The fraction of sp³-hybridized carbons (Fsp3) is 0.500. The predicted molar refractivity (Wildman–Crippen MR) is 76.7 cm³/mol. The van der Waals surface area contributed by atoms with Crippen LogP contribution in [0.25, 0.3) is 11.0 Å². The van der Waals surface area contributed by atoms with Crippen LogP contribution in [0.4, 0.5) is 5.69 Å². The highest BCUT2D eigenvalue weighted by atomic mass is 15.1. The van der Waals surface area contributed by atoms with Crippen LogP contribution in [0, 0.1) is 0 Å².